The summed E-state index contributed by atoms with van der Waals surface area (Å²) in [6.07, 6.45) is 0.710. The maximum absolute atomic E-state index is 12.5. The lowest BCUT2D eigenvalue weighted by atomic mass is 10.2. The molecule has 0 spiro atoms. The number of sulfonamides is 1. The van der Waals surface area contributed by atoms with Crippen LogP contribution in [0.3, 0.4) is 0 Å². The van der Waals surface area contributed by atoms with E-state index in [0.29, 0.717) is 17.7 Å². The van der Waals surface area contributed by atoms with E-state index in [1.165, 1.54) is 0 Å². The molecule has 2 aromatic rings. The smallest absolute Gasteiger partial charge is 0.243 e. The number of hydrogen-bond donors (Lipinski definition) is 0. The van der Waals surface area contributed by atoms with Crippen LogP contribution in [0, 0.1) is 0 Å². The number of rotatable bonds is 9. The van der Waals surface area contributed by atoms with E-state index in [1.807, 2.05) is 6.92 Å². The zero-order valence-electron chi connectivity index (χ0n) is 14.8. The molecule has 1 unspecified atom stereocenters. The molecule has 0 aliphatic rings. The molecule has 0 heterocycles. The first-order valence-corrected chi connectivity index (χ1v) is 11.6. The third-order valence-corrected chi connectivity index (χ3v) is 5.97. The van der Waals surface area contributed by atoms with Crippen LogP contribution in [-0.2, 0) is 30.1 Å². The zero-order valence-corrected chi connectivity index (χ0v) is 16.4. The van der Waals surface area contributed by atoms with E-state index >= 15 is 0 Å². The van der Waals surface area contributed by atoms with Crippen LogP contribution < -0.4 is 4.31 Å². The first-order chi connectivity index (χ1) is 12.2. The molecule has 0 saturated carbocycles. The van der Waals surface area contributed by atoms with Crippen LogP contribution in [0.15, 0.2) is 60.7 Å². The van der Waals surface area contributed by atoms with Crippen molar-refractivity contribution in [1.82, 2.24) is 0 Å². The molecule has 26 heavy (non-hydrogen) atoms. The molecule has 0 bridgehead atoms. The molecular formula is C18H23NO5S2. The van der Waals surface area contributed by atoms with Gasteiger partial charge in [-0.1, -0.05) is 61.9 Å². The van der Waals surface area contributed by atoms with Gasteiger partial charge in [-0.25, -0.2) is 16.9 Å². The highest BCUT2D eigenvalue weighted by Crippen LogP contribution is 2.25. The molecule has 1 atom stereocenters. The van der Waals surface area contributed by atoms with E-state index in [1.54, 1.807) is 60.7 Å². The topological polar surface area (TPSA) is 80.8 Å². The molecule has 0 saturated heterocycles. The molecule has 0 amide bonds. The fraction of sp³-hybridized carbons (Fsp3) is 0.333. The fourth-order valence-electron chi connectivity index (χ4n) is 2.58. The molecule has 0 aliphatic heterocycles. The van der Waals surface area contributed by atoms with Crippen molar-refractivity contribution in [2.45, 2.75) is 31.7 Å². The number of para-hydroxylation sites is 1. The van der Waals surface area contributed by atoms with Gasteiger partial charge in [0, 0.05) is 0 Å². The summed E-state index contributed by atoms with van der Waals surface area (Å²) in [7, 11) is -7.72. The van der Waals surface area contributed by atoms with E-state index in [2.05, 4.69) is 0 Å². The number of benzene rings is 2. The Morgan fingerprint density at radius 2 is 1.46 bits per heavy atom. The Labute approximate surface area is 155 Å². The highest BCUT2D eigenvalue weighted by Gasteiger charge is 2.31. The van der Waals surface area contributed by atoms with Gasteiger partial charge < -0.3 is 0 Å². The molecule has 8 heteroatoms. The van der Waals surface area contributed by atoms with Gasteiger partial charge in [-0.3, -0.25) is 0 Å². The van der Waals surface area contributed by atoms with Gasteiger partial charge >= 0.3 is 0 Å². The lowest BCUT2D eigenvalue weighted by molar-refractivity contribution is 0.208. The third kappa shape index (κ3) is 5.82. The number of anilines is 1. The highest BCUT2D eigenvalue weighted by molar-refractivity contribution is 7.92. The Balaban J connectivity index is 2.33. The highest BCUT2D eigenvalue weighted by atomic mass is 32.2. The quantitative estimate of drug-likeness (QED) is 0.480. The SMILES string of the molecule is CCCC(OS(=O)(=O)Cc1ccccc1)N(c1ccccc1)S(C)(=O)=O. The van der Waals surface area contributed by atoms with Gasteiger partial charge in [-0.2, -0.15) is 8.42 Å². The zero-order chi connectivity index (χ0) is 19.2. The molecule has 142 valence electrons. The average molecular weight is 398 g/mol. The van der Waals surface area contributed by atoms with Crippen LogP contribution in [0.5, 0.6) is 0 Å². The second-order valence-corrected chi connectivity index (χ2v) is 9.38. The summed E-state index contributed by atoms with van der Waals surface area (Å²) in [5, 5.41) is 0. The van der Waals surface area contributed by atoms with Gasteiger partial charge in [0.1, 0.15) is 5.75 Å². The molecule has 6 nitrogen and oxygen atoms in total. The molecule has 0 radical (unpaired) electrons. The molecule has 0 fully saturated rings. The van der Waals surface area contributed by atoms with Crippen molar-refractivity contribution in [3.63, 3.8) is 0 Å². The van der Waals surface area contributed by atoms with Crippen LogP contribution >= 0.6 is 0 Å². The second kappa shape index (κ2) is 8.66. The van der Waals surface area contributed by atoms with E-state index in [4.69, 9.17) is 4.18 Å². The molecule has 0 N–H and O–H groups in total. The van der Waals surface area contributed by atoms with E-state index in [0.717, 1.165) is 10.6 Å². The standard InChI is InChI=1S/C18H23NO5S2/c1-3-10-18(19(25(2,20)21)17-13-8-5-9-14-17)24-26(22,23)15-16-11-6-4-7-12-16/h4-9,11-14,18H,3,10,15H2,1-2H3. The van der Waals surface area contributed by atoms with E-state index in [9.17, 15) is 16.8 Å². The van der Waals surface area contributed by atoms with Gasteiger partial charge in [0.15, 0.2) is 6.23 Å². The summed E-state index contributed by atoms with van der Waals surface area (Å²) in [5.74, 6) is -0.319. The maximum atomic E-state index is 12.5. The average Bonchev–Trinajstić information content (AvgIpc) is 2.55. The summed E-state index contributed by atoms with van der Waals surface area (Å²) >= 11 is 0. The number of nitrogens with zero attached hydrogens (tertiary/aromatic N) is 1. The Kier molecular flexibility index (Phi) is 6.80. The first-order valence-electron chi connectivity index (χ1n) is 8.22. The summed E-state index contributed by atoms with van der Waals surface area (Å²) in [4.78, 5) is 0. The number of hydrogen-bond acceptors (Lipinski definition) is 5. The minimum Gasteiger partial charge on any atom is -0.243 e. The Hall–Kier alpha value is -1.90. The van der Waals surface area contributed by atoms with Crippen LogP contribution in [0.1, 0.15) is 25.3 Å². The van der Waals surface area contributed by atoms with E-state index in [-0.39, 0.29) is 12.2 Å². The fourth-order valence-corrected chi connectivity index (χ4v) is 4.90. The predicted octanol–water partition coefficient (Wildman–Crippen LogP) is 3.13. The summed E-state index contributed by atoms with van der Waals surface area (Å²) in [6.45, 7) is 1.84. The minimum absolute atomic E-state index is 0.246. The molecule has 0 aliphatic carbocycles. The molecule has 2 aromatic carbocycles. The van der Waals surface area contributed by atoms with Crippen LogP contribution in [0.4, 0.5) is 5.69 Å². The third-order valence-electron chi connectivity index (χ3n) is 3.61. The first kappa shape index (κ1) is 20.4. The van der Waals surface area contributed by atoms with Crippen molar-refractivity contribution in [1.29, 1.82) is 0 Å². The van der Waals surface area contributed by atoms with Gasteiger partial charge in [-0.15, -0.1) is 0 Å². The Morgan fingerprint density at radius 3 is 1.96 bits per heavy atom. The Morgan fingerprint density at radius 1 is 0.923 bits per heavy atom. The molecule has 2 rings (SSSR count). The van der Waals surface area contributed by atoms with Crippen molar-refractivity contribution >= 4 is 25.8 Å². The summed E-state index contributed by atoms with van der Waals surface area (Å²) < 4.78 is 56.1. The van der Waals surface area contributed by atoms with Crippen LogP contribution in [0.2, 0.25) is 0 Å². The summed E-state index contributed by atoms with van der Waals surface area (Å²) in [5.41, 5.74) is 0.941. The largest absolute Gasteiger partial charge is 0.273 e. The Bertz CT molecular complexity index is 897. The van der Waals surface area contributed by atoms with Crippen molar-refractivity contribution in [2.24, 2.45) is 0 Å². The van der Waals surface area contributed by atoms with Crippen molar-refractivity contribution in [3.05, 3.63) is 66.2 Å². The maximum Gasteiger partial charge on any atom is 0.273 e. The van der Waals surface area contributed by atoms with Crippen LogP contribution in [0.25, 0.3) is 0 Å². The van der Waals surface area contributed by atoms with Crippen molar-refractivity contribution in [3.8, 4) is 0 Å². The van der Waals surface area contributed by atoms with Gasteiger partial charge in [0.25, 0.3) is 10.1 Å². The summed E-state index contributed by atoms with van der Waals surface area (Å²) in [6, 6.07) is 17.0. The second-order valence-electron chi connectivity index (χ2n) is 5.92. The lowest BCUT2D eigenvalue weighted by Crippen LogP contribution is -2.42. The normalized spacial score (nSPS) is 13.3. The van der Waals surface area contributed by atoms with Gasteiger partial charge in [0.2, 0.25) is 10.0 Å². The van der Waals surface area contributed by atoms with Gasteiger partial charge in [-0.05, 0) is 24.1 Å². The minimum atomic E-state index is -3.98. The monoisotopic (exact) mass is 397 g/mol. The lowest BCUT2D eigenvalue weighted by Gasteiger charge is -2.30. The molecular weight excluding hydrogens is 374 g/mol. The van der Waals surface area contributed by atoms with Crippen LogP contribution in [-0.4, -0.2) is 29.3 Å². The van der Waals surface area contributed by atoms with Gasteiger partial charge in [0.05, 0.1) is 11.9 Å². The van der Waals surface area contributed by atoms with Crippen molar-refractivity contribution in [2.75, 3.05) is 10.6 Å². The predicted molar refractivity (Wildman–Crippen MR) is 103 cm³/mol. The molecule has 0 aromatic heterocycles. The van der Waals surface area contributed by atoms with Crippen molar-refractivity contribution < 1.29 is 21.0 Å². The van der Waals surface area contributed by atoms with E-state index < -0.39 is 26.4 Å².